The molecule has 0 spiro atoms. The molecule has 0 radical (unpaired) electrons. The summed E-state index contributed by atoms with van der Waals surface area (Å²) in [6, 6.07) is 11.8. The first-order valence-corrected chi connectivity index (χ1v) is 11.2. The zero-order valence-corrected chi connectivity index (χ0v) is 19.8. The molecule has 0 aliphatic carbocycles. The molecule has 2 aromatic carbocycles. The molecule has 0 fully saturated rings. The van der Waals surface area contributed by atoms with Crippen LogP contribution in [0.4, 0.5) is 5.69 Å². The summed E-state index contributed by atoms with van der Waals surface area (Å²) in [6.45, 7) is 7.82. The number of anilines is 1. The van der Waals surface area contributed by atoms with Gasteiger partial charge in [-0.15, -0.1) is 0 Å². The summed E-state index contributed by atoms with van der Waals surface area (Å²) in [5, 5.41) is 4.54. The third-order valence-electron chi connectivity index (χ3n) is 6.42. The van der Waals surface area contributed by atoms with E-state index in [4.69, 9.17) is 9.47 Å². The fourth-order valence-corrected chi connectivity index (χ4v) is 4.90. The number of aryl methyl sites for hydroxylation is 1. The molecule has 2 aliphatic heterocycles. The number of hydrogen-bond acceptors (Lipinski definition) is 5. The Hall–Kier alpha value is -4.00. The van der Waals surface area contributed by atoms with Crippen LogP contribution < -0.4 is 14.8 Å². The van der Waals surface area contributed by atoms with Gasteiger partial charge in [0, 0.05) is 42.9 Å². The summed E-state index contributed by atoms with van der Waals surface area (Å²) < 4.78 is 13.6. The Morgan fingerprint density at radius 1 is 1.21 bits per heavy atom. The van der Waals surface area contributed by atoms with Crippen molar-refractivity contribution in [1.29, 1.82) is 0 Å². The van der Waals surface area contributed by atoms with E-state index in [2.05, 4.69) is 28.7 Å². The zero-order chi connectivity index (χ0) is 24.1. The molecule has 7 heteroatoms. The first kappa shape index (κ1) is 21.8. The summed E-state index contributed by atoms with van der Waals surface area (Å²) in [7, 11) is 3.59. The molecular formula is C27H27N3O4. The molecule has 0 unspecified atom stereocenters. The van der Waals surface area contributed by atoms with Gasteiger partial charge in [0.05, 0.1) is 24.7 Å². The molecular weight excluding hydrogens is 430 g/mol. The Bertz CT molecular complexity index is 1400. The number of aromatic nitrogens is 1. The van der Waals surface area contributed by atoms with Crippen LogP contribution in [-0.4, -0.2) is 41.5 Å². The van der Waals surface area contributed by atoms with Gasteiger partial charge in [0.15, 0.2) is 11.5 Å². The van der Waals surface area contributed by atoms with E-state index in [0.717, 1.165) is 39.0 Å². The normalized spacial score (nSPS) is 16.9. The number of carbonyl (C=O) groups is 2. The Labute approximate surface area is 198 Å². The number of nitrogens with one attached hydrogen (secondary N) is 1. The highest BCUT2D eigenvalue weighted by molar-refractivity contribution is 6.11. The Morgan fingerprint density at radius 3 is 2.71 bits per heavy atom. The lowest BCUT2D eigenvalue weighted by atomic mass is 9.84. The number of rotatable bonds is 5. The smallest absolute Gasteiger partial charge is 0.259 e. The molecule has 2 aliphatic rings. The number of methoxy groups -OCH3 is 1. The maximum absolute atomic E-state index is 13.5. The van der Waals surface area contributed by atoms with Crippen LogP contribution in [0.2, 0.25) is 0 Å². The van der Waals surface area contributed by atoms with Gasteiger partial charge in [0.2, 0.25) is 5.91 Å². The third-order valence-corrected chi connectivity index (χ3v) is 6.42. The lowest BCUT2D eigenvalue weighted by Crippen LogP contribution is -2.33. The first-order chi connectivity index (χ1) is 16.3. The highest BCUT2D eigenvalue weighted by Gasteiger charge is 2.41. The molecule has 1 aromatic heterocycles. The maximum Gasteiger partial charge on any atom is 0.259 e. The summed E-state index contributed by atoms with van der Waals surface area (Å²) >= 11 is 0. The highest BCUT2D eigenvalue weighted by Crippen LogP contribution is 2.47. The average Bonchev–Trinajstić information content (AvgIpc) is 3.26. The predicted molar refractivity (Wildman–Crippen MR) is 131 cm³/mol. The summed E-state index contributed by atoms with van der Waals surface area (Å²) in [4.78, 5) is 27.1. The molecule has 0 bridgehead atoms. The molecule has 2 amide bonds. The largest absolute Gasteiger partial charge is 0.493 e. The van der Waals surface area contributed by atoms with Crippen LogP contribution in [0, 0.1) is 0 Å². The van der Waals surface area contributed by atoms with Gasteiger partial charge in [-0.3, -0.25) is 14.5 Å². The SMILES string of the molecule is C=C(C)COc1ccc([C@H]2C3=C(CN(C(C)=O)C3=O)Nc3cccc4c3c2cn4C)cc1OC. The minimum absolute atomic E-state index is 0.226. The molecule has 0 saturated carbocycles. The number of ether oxygens (including phenoxy) is 2. The fraction of sp³-hybridized carbons (Fsp3) is 0.259. The van der Waals surface area contributed by atoms with Crippen LogP contribution in [-0.2, 0) is 16.6 Å². The van der Waals surface area contributed by atoms with E-state index in [9.17, 15) is 9.59 Å². The molecule has 34 heavy (non-hydrogen) atoms. The van der Waals surface area contributed by atoms with E-state index in [-0.39, 0.29) is 24.3 Å². The van der Waals surface area contributed by atoms with Gasteiger partial charge in [-0.05, 0) is 47.9 Å². The monoisotopic (exact) mass is 457 g/mol. The fourth-order valence-electron chi connectivity index (χ4n) is 4.90. The van der Waals surface area contributed by atoms with E-state index in [1.165, 1.54) is 11.8 Å². The van der Waals surface area contributed by atoms with Crippen molar-refractivity contribution in [1.82, 2.24) is 9.47 Å². The van der Waals surface area contributed by atoms with E-state index in [1.807, 2.05) is 44.3 Å². The number of benzene rings is 2. The lowest BCUT2D eigenvalue weighted by Gasteiger charge is -2.21. The van der Waals surface area contributed by atoms with Crippen molar-refractivity contribution in [2.24, 2.45) is 7.05 Å². The van der Waals surface area contributed by atoms with Crippen molar-refractivity contribution in [3.8, 4) is 11.5 Å². The molecule has 3 heterocycles. The van der Waals surface area contributed by atoms with Crippen LogP contribution >= 0.6 is 0 Å². The molecule has 5 rings (SSSR count). The molecule has 174 valence electrons. The van der Waals surface area contributed by atoms with Crippen LogP contribution in [0.25, 0.3) is 10.9 Å². The van der Waals surface area contributed by atoms with Crippen molar-refractivity contribution < 1.29 is 19.1 Å². The Kier molecular flexibility index (Phi) is 5.20. The Balaban J connectivity index is 1.72. The second-order valence-corrected chi connectivity index (χ2v) is 8.91. The highest BCUT2D eigenvalue weighted by atomic mass is 16.5. The van der Waals surface area contributed by atoms with Gasteiger partial charge in [-0.1, -0.05) is 18.7 Å². The molecule has 1 atom stereocenters. The van der Waals surface area contributed by atoms with Crippen molar-refractivity contribution in [3.63, 3.8) is 0 Å². The van der Waals surface area contributed by atoms with E-state index >= 15 is 0 Å². The predicted octanol–water partition coefficient (Wildman–Crippen LogP) is 4.34. The first-order valence-electron chi connectivity index (χ1n) is 11.2. The van der Waals surface area contributed by atoms with Gasteiger partial charge in [0.25, 0.3) is 5.91 Å². The molecule has 1 N–H and O–H groups in total. The standard InChI is InChI=1S/C27H27N3O4/c1-15(2)14-34-22-10-9-17(11-23(22)33-5)24-18-12-29(4)21-8-6-7-19(25(18)21)28-20-13-30(16(3)31)27(32)26(20)24/h6-12,24,28H,1,13-14H2,2-5H3/t24-/m1/s1. The molecule has 3 aromatic rings. The number of nitrogens with zero attached hydrogens (tertiary/aromatic N) is 2. The lowest BCUT2D eigenvalue weighted by molar-refractivity contribution is -0.139. The molecule has 7 nitrogen and oxygen atoms in total. The second kappa shape index (κ2) is 8.09. The van der Waals surface area contributed by atoms with Crippen LogP contribution in [0.1, 0.15) is 30.9 Å². The van der Waals surface area contributed by atoms with Crippen LogP contribution in [0.15, 0.2) is 66.0 Å². The number of hydrogen-bond donors (Lipinski definition) is 1. The average molecular weight is 458 g/mol. The number of amides is 2. The van der Waals surface area contributed by atoms with Crippen molar-refractivity contribution in [2.75, 3.05) is 25.6 Å². The Morgan fingerprint density at radius 2 is 2.00 bits per heavy atom. The molecule has 0 saturated heterocycles. The van der Waals surface area contributed by atoms with Crippen molar-refractivity contribution in [3.05, 3.63) is 77.1 Å². The topological polar surface area (TPSA) is 72.8 Å². The van der Waals surface area contributed by atoms with Crippen molar-refractivity contribution >= 4 is 28.4 Å². The van der Waals surface area contributed by atoms with Gasteiger partial charge >= 0.3 is 0 Å². The summed E-state index contributed by atoms with van der Waals surface area (Å²) in [5.74, 6) is 0.262. The van der Waals surface area contributed by atoms with E-state index in [1.54, 1.807) is 7.11 Å². The number of imide groups is 1. The quantitative estimate of drug-likeness (QED) is 0.577. The van der Waals surface area contributed by atoms with Gasteiger partial charge in [0.1, 0.15) is 6.61 Å². The second-order valence-electron chi connectivity index (χ2n) is 8.91. The van der Waals surface area contributed by atoms with Crippen LogP contribution in [0.5, 0.6) is 11.5 Å². The van der Waals surface area contributed by atoms with Gasteiger partial charge in [-0.25, -0.2) is 0 Å². The van der Waals surface area contributed by atoms with Gasteiger partial charge in [-0.2, -0.15) is 0 Å². The zero-order valence-electron chi connectivity index (χ0n) is 19.8. The minimum atomic E-state index is -0.379. The maximum atomic E-state index is 13.5. The van der Waals surface area contributed by atoms with Gasteiger partial charge < -0.3 is 19.4 Å². The minimum Gasteiger partial charge on any atom is -0.493 e. The third kappa shape index (κ3) is 3.36. The van der Waals surface area contributed by atoms with Crippen molar-refractivity contribution in [2.45, 2.75) is 19.8 Å². The van der Waals surface area contributed by atoms with E-state index in [0.29, 0.717) is 23.7 Å². The summed E-state index contributed by atoms with van der Waals surface area (Å²) in [6.07, 6.45) is 2.07. The van der Waals surface area contributed by atoms with E-state index < -0.39 is 0 Å². The number of carbonyl (C=O) groups excluding carboxylic acids is 2. The summed E-state index contributed by atoms with van der Waals surface area (Å²) in [5.41, 5.74) is 6.11. The van der Waals surface area contributed by atoms with Crippen LogP contribution in [0.3, 0.4) is 0 Å².